The molecule has 3 rings (SSSR count). The van der Waals surface area contributed by atoms with Gasteiger partial charge in [0.15, 0.2) is 0 Å². The molecule has 0 aliphatic heterocycles. The lowest BCUT2D eigenvalue weighted by Crippen LogP contribution is -2.45. The smallest absolute Gasteiger partial charge is 0.246 e. The number of amides is 2. The summed E-state index contributed by atoms with van der Waals surface area (Å²) in [6, 6.07) is 14.4. The second kappa shape index (κ2) is 10.9. The highest BCUT2D eigenvalue weighted by atomic mass is 35.5. The third-order valence-corrected chi connectivity index (χ3v) is 7.39. The maximum Gasteiger partial charge on any atom is 0.246 e. The molecule has 0 saturated heterocycles. The average molecular weight is 478 g/mol. The monoisotopic (exact) mass is 477 g/mol. The third kappa shape index (κ3) is 6.79. The normalized spacial score (nSPS) is 19.7. The van der Waals surface area contributed by atoms with Crippen molar-refractivity contribution in [1.29, 1.82) is 0 Å². The second-order valence-electron chi connectivity index (χ2n) is 8.11. The molecule has 1 aliphatic rings. The second-order valence-corrected chi connectivity index (χ2v) is 10.3. The van der Waals surface area contributed by atoms with Crippen molar-refractivity contribution < 1.29 is 18.0 Å². The fourth-order valence-corrected chi connectivity index (χ4v) is 4.98. The van der Waals surface area contributed by atoms with E-state index < -0.39 is 16.1 Å². The van der Waals surface area contributed by atoms with Crippen LogP contribution in [0.5, 0.6) is 0 Å². The van der Waals surface area contributed by atoms with Gasteiger partial charge < -0.3 is 10.6 Å². The number of benzene rings is 2. The first-order valence-corrected chi connectivity index (χ1v) is 12.5. The van der Waals surface area contributed by atoms with Crippen molar-refractivity contribution in [1.82, 2.24) is 10.0 Å². The SMILES string of the molecule is C[C@H](NC(=O)C1CCC(CNS(=O)(=O)c2ccccc2)CC1)C(=O)Nc1ccc(Cl)cc1. The van der Waals surface area contributed by atoms with Gasteiger partial charge in [0.25, 0.3) is 0 Å². The number of rotatable bonds is 8. The van der Waals surface area contributed by atoms with Crippen molar-refractivity contribution in [3.8, 4) is 0 Å². The number of hydrogen-bond acceptors (Lipinski definition) is 4. The van der Waals surface area contributed by atoms with Crippen molar-refractivity contribution in [2.75, 3.05) is 11.9 Å². The molecule has 32 heavy (non-hydrogen) atoms. The van der Waals surface area contributed by atoms with Gasteiger partial charge >= 0.3 is 0 Å². The highest BCUT2D eigenvalue weighted by Gasteiger charge is 2.29. The fraction of sp³-hybridized carbons (Fsp3) is 0.391. The Kier molecular flexibility index (Phi) is 8.28. The van der Waals surface area contributed by atoms with Gasteiger partial charge in [-0.25, -0.2) is 13.1 Å². The summed E-state index contributed by atoms with van der Waals surface area (Å²) < 4.78 is 27.4. The van der Waals surface area contributed by atoms with Crippen LogP contribution in [-0.4, -0.2) is 32.8 Å². The number of sulfonamides is 1. The molecule has 7 nitrogen and oxygen atoms in total. The number of carbonyl (C=O) groups excluding carboxylic acids is 2. The first-order chi connectivity index (χ1) is 15.2. The zero-order valence-electron chi connectivity index (χ0n) is 17.9. The predicted octanol–water partition coefficient (Wildman–Crippen LogP) is 3.57. The Hall–Kier alpha value is -2.42. The minimum Gasteiger partial charge on any atom is -0.344 e. The molecule has 0 bridgehead atoms. The molecular weight excluding hydrogens is 450 g/mol. The molecule has 0 spiro atoms. The molecule has 1 fully saturated rings. The van der Waals surface area contributed by atoms with E-state index in [0.29, 0.717) is 30.1 Å². The zero-order valence-corrected chi connectivity index (χ0v) is 19.5. The molecular formula is C23H28ClN3O4S. The van der Waals surface area contributed by atoms with E-state index in [1.165, 1.54) is 0 Å². The Balaban J connectivity index is 1.42. The lowest BCUT2D eigenvalue weighted by Gasteiger charge is -2.28. The first kappa shape index (κ1) is 24.2. The fourth-order valence-electron chi connectivity index (χ4n) is 3.72. The van der Waals surface area contributed by atoms with Crippen LogP contribution < -0.4 is 15.4 Å². The number of hydrogen-bond donors (Lipinski definition) is 3. The van der Waals surface area contributed by atoms with E-state index in [1.807, 2.05) is 0 Å². The molecule has 0 unspecified atom stereocenters. The van der Waals surface area contributed by atoms with Crippen LogP contribution in [0.1, 0.15) is 32.6 Å². The molecule has 1 aliphatic carbocycles. The van der Waals surface area contributed by atoms with Crippen LogP contribution in [0.2, 0.25) is 5.02 Å². The molecule has 2 aromatic carbocycles. The molecule has 1 atom stereocenters. The van der Waals surface area contributed by atoms with Crippen LogP contribution in [0.25, 0.3) is 0 Å². The van der Waals surface area contributed by atoms with Gasteiger partial charge in [0.05, 0.1) is 4.90 Å². The summed E-state index contributed by atoms with van der Waals surface area (Å²) in [4.78, 5) is 25.2. The summed E-state index contributed by atoms with van der Waals surface area (Å²) in [5, 5.41) is 6.11. The lowest BCUT2D eigenvalue weighted by molar-refractivity contribution is -0.129. The van der Waals surface area contributed by atoms with Gasteiger partial charge in [0.1, 0.15) is 6.04 Å². The van der Waals surface area contributed by atoms with E-state index in [4.69, 9.17) is 11.6 Å². The molecule has 9 heteroatoms. The Morgan fingerprint density at radius 1 is 1.00 bits per heavy atom. The summed E-state index contributed by atoms with van der Waals surface area (Å²) in [5.41, 5.74) is 0.610. The zero-order chi connectivity index (χ0) is 23.1. The van der Waals surface area contributed by atoms with E-state index in [-0.39, 0.29) is 28.5 Å². The average Bonchev–Trinajstić information content (AvgIpc) is 2.80. The summed E-state index contributed by atoms with van der Waals surface area (Å²) in [7, 11) is -3.52. The summed E-state index contributed by atoms with van der Waals surface area (Å²) in [6.07, 6.45) is 2.83. The Labute approximate surface area is 194 Å². The van der Waals surface area contributed by atoms with Crippen molar-refractivity contribution >= 4 is 39.1 Å². The van der Waals surface area contributed by atoms with Gasteiger partial charge in [0.2, 0.25) is 21.8 Å². The van der Waals surface area contributed by atoms with E-state index in [0.717, 1.165) is 12.8 Å². The molecule has 2 aromatic rings. The van der Waals surface area contributed by atoms with Crippen LogP contribution in [0.15, 0.2) is 59.5 Å². The Morgan fingerprint density at radius 2 is 1.62 bits per heavy atom. The van der Waals surface area contributed by atoms with E-state index >= 15 is 0 Å². The molecule has 0 aromatic heterocycles. The molecule has 0 radical (unpaired) electrons. The van der Waals surface area contributed by atoms with Gasteiger partial charge in [-0.15, -0.1) is 0 Å². The summed E-state index contributed by atoms with van der Waals surface area (Å²) in [6.45, 7) is 2.00. The van der Waals surface area contributed by atoms with Crippen molar-refractivity contribution in [3.63, 3.8) is 0 Å². The quantitative estimate of drug-likeness (QED) is 0.540. The summed E-state index contributed by atoms with van der Waals surface area (Å²) in [5.74, 6) is -0.442. The Morgan fingerprint density at radius 3 is 2.25 bits per heavy atom. The third-order valence-electron chi connectivity index (χ3n) is 5.70. The standard InChI is InChI=1S/C23H28ClN3O4S/c1-16(22(28)27-20-13-11-19(24)12-14-20)26-23(29)18-9-7-17(8-10-18)15-25-32(30,31)21-5-3-2-4-6-21/h2-6,11-14,16-18,25H,7-10,15H2,1H3,(H,26,29)(H,27,28)/t16-,17?,18?/m0/s1. The van der Waals surface area contributed by atoms with Crippen molar-refractivity contribution in [2.24, 2.45) is 11.8 Å². The lowest BCUT2D eigenvalue weighted by atomic mass is 9.81. The predicted molar refractivity (Wildman–Crippen MR) is 125 cm³/mol. The minimum absolute atomic E-state index is 0.146. The molecule has 0 heterocycles. The maximum absolute atomic E-state index is 12.6. The minimum atomic E-state index is -3.52. The van der Waals surface area contributed by atoms with Gasteiger partial charge in [-0.2, -0.15) is 0 Å². The van der Waals surface area contributed by atoms with Crippen molar-refractivity contribution in [2.45, 2.75) is 43.5 Å². The van der Waals surface area contributed by atoms with Crippen LogP contribution in [0.4, 0.5) is 5.69 Å². The molecule has 1 saturated carbocycles. The van der Waals surface area contributed by atoms with Crippen LogP contribution in [0, 0.1) is 11.8 Å². The topological polar surface area (TPSA) is 104 Å². The molecule has 2 amide bonds. The first-order valence-electron chi connectivity index (χ1n) is 10.7. The highest BCUT2D eigenvalue weighted by molar-refractivity contribution is 7.89. The largest absolute Gasteiger partial charge is 0.344 e. The van der Waals surface area contributed by atoms with Gasteiger partial charge in [-0.05, 0) is 74.9 Å². The van der Waals surface area contributed by atoms with Crippen LogP contribution >= 0.6 is 11.6 Å². The maximum atomic E-state index is 12.6. The van der Waals surface area contributed by atoms with E-state index in [1.54, 1.807) is 61.5 Å². The number of carbonyl (C=O) groups is 2. The Bertz CT molecular complexity index is 1020. The van der Waals surface area contributed by atoms with Gasteiger partial charge in [-0.3, -0.25) is 9.59 Å². The van der Waals surface area contributed by atoms with Gasteiger partial charge in [0, 0.05) is 23.2 Å². The molecule has 3 N–H and O–H groups in total. The van der Waals surface area contributed by atoms with Gasteiger partial charge in [-0.1, -0.05) is 29.8 Å². The van der Waals surface area contributed by atoms with Crippen molar-refractivity contribution in [3.05, 3.63) is 59.6 Å². The number of halogens is 1. The van der Waals surface area contributed by atoms with Crippen LogP contribution in [0.3, 0.4) is 0 Å². The van der Waals surface area contributed by atoms with E-state index in [9.17, 15) is 18.0 Å². The van der Waals surface area contributed by atoms with E-state index in [2.05, 4.69) is 15.4 Å². The highest BCUT2D eigenvalue weighted by Crippen LogP contribution is 2.29. The van der Waals surface area contributed by atoms with Crippen LogP contribution in [-0.2, 0) is 19.6 Å². The number of nitrogens with one attached hydrogen (secondary N) is 3. The molecule has 172 valence electrons. The summed E-state index contributed by atoms with van der Waals surface area (Å²) >= 11 is 5.84. The number of anilines is 1.